The Morgan fingerprint density at radius 3 is 2.81 bits per heavy atom. The molecule has 0 saturated heterocycles. The lowest BCUT2D eigenvalue weighted by Gasteiger charge is -2.10. The average Bonchev–Trinajstić information content (AvgIpc) is 3.35. The van der Waals surface area contributed by atoms with Crippen molar-refractivity contribution in [1.82, 2.24) is 24.6 Å². The Morgan fingerprint density at radius 2 is 2.00 bits per heavy atom. The van der Waals surface area contributed by atoms with E-state index in [1.807, 2.05) is 38.1 Å². The zero-order valence-electron chi connectivity index (χ0n) is 15.9. The highest BCUT2D eigenvalue weighted by atomic mass is 16.1. The normalized spacial score (nSPS) is 13.0. The summed E-state index contributed by atoms with van der Waals surface area (Å²) in [6.45, 7) is 6.39. The molecule has 0 atom stereocenters. The number of carbonyl (C=O) groups is 1. The van der Waals surface area contributed by atoms with Gasteiger partial charge in [-0.1, -0.05) is 30.3 Å². The average molecular weight is 363 g/mol. The highest BCUT2D eigenvalue weighted by Crippen LogP contribution is 2.17. The highest BCUT2D eigenvalue weighted by molar-refractivity contribution is 5.95. The largest absolute Gasteiger partial charge is 0.352 e. The number of carbonyl (C=O) groups excluding carboxylic acids is 1. The molecule has 2 aromatic heterocycles. The van der Waals surface area contributed by atoms with E-state index in [1.165, 1.54) is 5.56 Å². The van der Waals surface area contributed by atoms with Crippen LogP contribution in [0.15, 0.2) is 36.4 Å². The summed E-state index contributed by atoms with van der Waals surface area (Å²) in [6.07, 6.45) is 2.85. The zero-order valence-corrected chi connectivity index (χ0v) is 15.9. The number of benzene rings is 1. The SMILES string of the molecule is Cc1cc(C(=O)NCCc2nnc3n2CCC3)c(C)n1Cc1ccccc1. The number of aromatic nitrogens is 4. The van der Waals surface area contributed by atoms with Crippen LogP contribution in [0.3, 0.4) is 0 Å². The fraction of sp³-hybridized carbons (Fsp3) is 0.381. The van der Waals surface area contributed by atoms with Gasteiger partial charge in [0.2, 0.25) is 0 Å². The maximum absolute atomic E-state index is 12.7. The first-order chi connectivity index (χ1) is 13.1. The second kappa shape index (κ2) is 7.39. The molecule has 4 rings (SSSR count). The van der Waals surface area contributed by atoms with E-state index >= 15 is 0 Å². The molecule has 140 valence electrons. The summed E-state index contributed by atoms with van der Waals surface area (Å²) in [7, 11) is 0. The monoisotopic (exact) mass is 363 g/mol. The Kier molecular flexibility index (Phi) is 4.79. The molecule has 0 fully saturated rings. The van der Waals surface area contributed by atoms with Gasteiger partial charge in [0, 0.05) is 43.9 Å². The number of nitrogens with one attached hydrogen (secondary N) is 1. The number of fused-ring (bicyclic) bond motifs is 1. The summed E-state index contributed by atoms with van der Waals surface area (Å²) in [4.78, 5) is 12.7. The molecule has 3 aromatic rings. The minimum absolute atomic E-state index is 0.0245. The summed E-state index contributed by atoms with van der Waals surface area (Å²) in [6, 6.07) is 12.3. The number of hydrogen-bond acceptors (Lipinski definition) is 3. The van der Waals surface area contributed by atoms with Crippen molar-refractivity contribution in [2.45, 2.75) is 46.2 Å². The van der Waals surface area contributed by atoms with E-state index in [-0.39, 0.29) is 5.91 Å². The molecule has 1 aromatic carbocycles. The molecule has 6 heteroatoms. The molecule has 6 nitrogen and oxygen atoms in total. The molecule has 3 heterocycles. The summed E-state index contributed by atoms with van der Waals surface area (Å²) >= 11 is 0. The molecule has 27 heavy (non-hydrogen) atoms. The van der Waals surface area contributed by atoms with Gasteiger partial charge in [0.15, 0.2) is 0 Å². The summed E-state index contributed by atoms with van der Waals surface area (Å²) in [5, 5.41) is 11.5. The van der Waals surface area contributed by atoms with E-state index in [2.05, 4.69) is 36.8 Å². The van der Waals surface area contributed by atoms with Gasteiger partial charge in [0.25, 0.3) is 5.91 Å². The smallest absolute Gasteiger partial charge is 0.253 e. The molecule has 0 unspecified atom stereocenters. The van der Waals surface area contributed by atoms with E-state index < -0.39 is 0 Å². The third-order valence-electron chi connectivity index (χ3n) is 5.32. The van der Waals surface area contributed by atoms with E-state index in [0.717, 1.165) is 54.5 Å². The van der Waals surface area contributed by atoms with E-state index in [0.29, 0.717) is 13.0 Å². The minimum atomic E-state index is -0.0245. The highest BCUT2D eigenvalue weighted by Gasteiger charge is 2.18. The Balaban J connectivity index is 1.40. The molecular formula is C21H25N5O. The van der Waals surface area contributed by atoms with Crippen molar-refractivity contribution in [2.75, 3.05) is 6.54 Å². The van der Waals surface area contributed by atoms with E-state index in [1.54, 1.807) is 0 Å². The first-order valence-corrected chi connectivity index (χ1v) is 9.53. The van der Waals surface area contributed by atoms with Crippen LogP contribution in [-0.4, -0.2) is 31.8 Å². The van der Waals surface area contributed by atoms with Gasteiger partial charge in [-0.05, 0) is 31.9 Å². The van der Waals surface area contributed by atoms with E-state index in [9.17, 15) is 4.79 Å². The second-order valence-corrected chi connectivity index (χ2v) is 7.15. The van der Waals surface area contributed by atoms with Crippen LogP contribution in [0.5, 0.6) is 0 Å². The fourth-order valence-electron chi connectivity index (χ4n) is 3.82. The van der Waals surface area contributed by atoms with Crippen LogP contribution in [0.1, 0.15) is 45.4 Å². The van der Waals surface area contributed by atoms with Crippen LogP contribution in [0.25, 0.3) is 0 Å². The van der Waals surface area contributed by atoms with Gasteiger partial charge in [-0.25, -0.2) is 0 Å². The number of amides is 1. The topological polar surface area (TPSA) is 64.7 Å². The van der Waals surface area contributed by atoms with Crippen molar-refractivity contribution in [3.05, 3.63) is 70.6 Å². The van der Waals surface area contributed by atoms with Gasteiger partial charge in [-0.15, -0.1) is 10.2 Å². The molecular weight excluding hydrogens is 338 g/mol. The van der Waals surface area contributed by atoms with Crippen LogP contribution < -0.4 is 5.32 Å². The van der Waals surface area contributed by atoms with Crippen LogP contribution >= 0.6 is 0 Å². The standard InChI is InChI=1S/C21H25N5O/c1-15-13-18(16(2)26(15)14-17-7-4-3-5-8-17)21(27)22-11-10-20-24-23-19-9-6-12-25(19)20/h3-5,7-8,13H,6,9-12,14H2,1-2H3,(H,22,27). The Bertz CT molecular complexity index is 955. The summed E-state index contributed by atoms with van der Waals surface area (Å²) in [5.41, 5.74) is 4.07. The number of hydrogen-bond donors (Lipinski definition) is 1. The predicted molar refractivity (Wildman–Crippen MR) is 104 cm³/mol. The number of nitrogens with zero attached hydrogens (tertiary/aromatic N) is 4. The van der Waals surface area contributed by atoms with Crippen LogP contribution in [0, 0.1) is 13.8 Å². The van der Waals surface area contributed by atoms with Crippen LogP contribution in [0.4, 0.5) is 0 Å². The maximum atomic E-state index is 12.7. The lowest BCUT2D eigenvalue weighted by Crippen LogP contribution is -2.27. The van der Waals surface area contributed by atoms with Gasteiger partial charge in [-0.2, -0.15) is 0 Å². The first-order valence-electron chi connectivity index (χ1n) is 9.53. The molecule has 1 aliphatic rings. The van der Waals surface area contributed by atoms with Gasteiger partial charge >= 0.3 is 0 Å². The summed E-state index contributed by atoms with van der Waals surface area (Å²) < 4.78 is 4.37. The molecule has 0 bridgehead atoms. The second-order valence-electron chi connectivity index (χ2n) is 7.15. The van der Waals surface area contributed by atoms with Crippen molar-refractivity contribution in [2.24, 2.45) is 0 Å². The Morgan fingerprint density at radius 1 is 1.19 bits per heavy atom. The van der Waals surface area contributed by atoms with Crippen molar-refractivity contribution >= 4 is 5.91 Å². The quantitative estimate of drug-likeness (QED) is 0.732. The lowest BCUT2D eigenvalue weighted by atomic mass is 10.2. The van der Waals surface area contributed by atoms with Crippen molar-refractivity contribution in [3.8, 4) is 0 Å². The molecule has 0 aliphatic carbocycles. The number of rotatable bonds is 6. The van der Waals surface area contributed by atoms with Gasteiger partial charge in [0.1, 0.15) is 11.6 Å². The van der Waals surface area contributed by atoms with Gasteiger partial charge in [-0.3, -0.25) is 4.79 Å². The van der Waals surface area contributed by atoms with Gasteiger partial charge in [0.05, 0.1) is 5.56 Å². The third kappa shape index (κ3) is 3.52. The van der Waals surface area contributed by atoms with Gasteiger partial charge < -0.3 is 14.5 Å². The van der Waals surface area contributed by atoms with Crippen LogP contribution in [-0.2, 0) is 25.9 Å². The Hall–Kier alpha value is -2.89. The zero-order chi connectivity index (χ0) is 18.8. The molecule has 0 saturated carbocycles. The predicted octanol–water partition coefficient (Wildman–Crippen LogP) is 2.66. The van der Waals surface area contributed by atoms with Crippen molar-refractivity contribution in [3.63, 3.8) is 0 Å². The molecule has 1 N–H and O–H groups in total. The molecule has 1 aliphatic heterocycles. The lowest BCUT2D eigenvalue weighted by molar-refractivity contribution is 0.0953. The molecule has 0 radical (unpaired) electrons. The fourth-order valence-corrected chi connectivity index (χ4v) is 3.82. The van der Waals surface area contributed by atoms with Crippen LogP contribution in [0.2, 0.25) is 0 Å². The maximum Gasteiger partial charge on any atom is 0.253 e. The molecule has 0 spiro atoms. The first kappa shape index (κ1) is 17.5. The number of aryl methyl sites for hydroxylation is 2. The third-order valence-corrected chi connectivity index (χ3v) is 5.32. The minimum Gasteiger partial charge on any atom is -0.352 e. The van der Waals surface area contributed by atoms with Crippen molar-refractivity contribution in [1.29, 1.82) is 0 Å². The Labute approximate surface area is 159 Å². The van der Waals surface area contributed by atoms with E-state index in [4.69, 9.17) is 0 Å². The molecule has 1 amide bonds. The van der Waals surface area contributed by atoms with Crippen molar-refractivity contribution < 1.29 is 4.79 Å². The summed E-state index contributed by atoms with van der Waals surface area (Å²) in [5.74, 6) is 2.02.